The molecule has 10 nitrogen and oxygen atoms in total. The third kappa shape index (κ3) is 7.76. The van der Waals surface area contributed by atoms with E-state index in [2.05, 4.69) is 25.6 Å². The molecule has 2 aromatic heterocycles. The van der Waals surface area contributed by atoms with Gasteiger partial charge >= 0.3 is 0 Å². The van der Waals surface area contributed by atoms with E-state index in [9.17, 15) is 9.59 Å². The van der Waals surface area contributed by atoms with Crippen LogP contribution in [-0.2, 0) is 11.2 Å². The molecule has 0 bridgehead atoms. The summed E-state index contributed by atoms with van der Waals surface area (Å²) < 4.78 is 18.0. The fourth-order valence-corrected chi connectivity index (χ4v) is 6.23. The standard InChI is InChI=1S/C31H39N5O5S/c1-18(34-29(38)28-19(2)35-31(42-28)36-20(3)37)23-10-12-24(13-11-23)41-25-7-5-6-22(14-25)15-26-27(39-4)30(33-17-32-26)40-16-21-8-9-21/h10-13,17-18,21-22,25H,5-9,14-16H2,1-4H3,(H,34,38)(H,35,36,37). The van der Waals surface area contributed by atoms with E-state index in [1.165, 1.54) is 31.1 Å². The molecular weight excluding hydrogens is 554 g/mol. The number of amides is 2. The lowest BCUT2D eigenvalue weighted by Crippen LogP contribution is -2.27. The van der Waals surface area contributed by atoms with Crippen LogP contribution in [0.15, 0.2) is 30.6 Å². The SMILES string of the molecule is COc1c(CC2CCCC(Oc3ccc(C(C)NC(=O)c4sc(NC(C)=O)nc4C)cc3)C2)ncnc1OCC1CC1. The number of nitrogens with one attached hydrogen (secondary N) is 2. The predicted octanol–water partition coefficient (Wildman–Crippen LogP) is 5.67. The number of hydrogen-bond acceptors (Lipinski definition) is 9. The zero-order valence-corrected chi connectivity index (χ0v) is 25.5. The summed E-state index contributed by atoms with van der Waals surface area (Å²) in [5.74, 6) is 2.64. The molecule has 5 rings (SSSR count). The van der Waals surface area contributed by atoms with Gasteiger partial charge in [-0.3, -0.25) is 9.59 Å². The Morgan fingerprint density at radius 3 is 2.60 bits per heavy atom. The first-order valence-electron chi connectivity index (χ1n) is 14.6. The van der Waals surface area contributed by atoms with Crippen molar-refractivity contribution in [1.82, 2.24) is 20.3 Å². The van der Waals surface area contributed by atoms with E-state index >= 15 is 0 Å². The van der Waals surface area contributed by atoms with Crippen molar-refractivity contribution in [2.24, 2.45) is 11.8 Å². The van der Waals surface area contributed by atoms with Crippen molar-refractivity contribution < 1.29 is 23.8 Å². The summed E-state index contributed by atoms with van der Waals surface area (Å²) in [6.45, 7) is 5.80. The Hall–Kier alpha value is -3.73. The van der Waals surface area contributed by atoms with Crippen molar-refractivity contribution in [2.75, 3.05) is 19.0 Å². The fraction of sp³-hybridized carbons (Fsp3) is 0.516. The Labute approximate surface area is 250 Å². The number of aryl methyl sites for hydroxylation is 1. The molecule has 3 atom stereocenters. The second kappa shape index (κ2) is 13.5. The molecule has 3 unspecified atom stereocenters. The largest absolute Gasteiger partial charge is 0.490 e. The van der Waals surface area contributed by atoms with Crippen LogP contribution < -0.4 is 24.8 Å². The maximum Gasteiger partial charge on any atom is 0.263 e. The van der Waals surface area contributed by atoms with Crippen molar-refractivity contribution >= 4 is 28.3 Å². The number of aromatic nitrogens is 3. The molecule has 2 aliphatic carbocycles. The molecular formula is C31H39N5O5S. The van der Waals surface area contributed by atoms with Gasteiger partial charge in [0.05, 0.1) is 37.3 Å². The van der Waals surface area contributed by atoms with Gasteiger partial charge in [0.25, 0.3) is 11.8 Å². The summed E-state index contributed by atoms with van der Waals surface area (Å²) in [6, 6.07) is 7.68. The third-order valence-corrected chi connectivity index (χ3v) is 8.81. The molecule has 1 aromatic carbocycles. The van der Waals surface area contributed by atoms with Crippen LogP contribution in [0.2, 0.25) is 0 Å². The zero-order valence-electron chi connectivity index (χ0n) is 24.6. The Morgan fingerprint density at radius 2 is 1.88 bits per heavy atom. The number of anilines is 1. The molecule has 11 heteroatoms. The lowest BCUT2D eigenvalue weighted by atomic mass is 9.84. The normalized spacial score (nSPS) is 19.0. The number of carbonyl (C=O) groups excluding carboxylic acids is 2. The van der Waals surface area contributed by atoms with Crippen molar-refractivity contribution in [3.63, 3.8) is 0 Å². The highest BCUT2D eigenvalue weighted by atomic mass is 32.1. The number of thiazole rings is 1. The number of rotatable bonds is 12. The Kier molecular flexibility index (Phi) is 9.56. The van der Waals surface area contributed by atoms with Crippen molar-refractivity contribution in [3.8, 4) is 17.4 Å². The molecule has 2 amide bonds. The first-order valence-corrected chi connectivity index (χ1v) is 15.4. The second-order valence-electron chi connectivity index (χ2n) is 11.3. The topological polar surface area (TPSA) is 125 Å². The van der Waals surface area contributed by atoms with Crippen molar-refractivity contribution in [1.29, 1.82) is 0 Å². The Morgan fingerprint density at radius 1 is 1.10 bits per heavy atom. The molecule has 2 fully saturated rings. The van der Waals surface area contributed by atoms with Gasteiger partial charge in [-0.1, -0.05) is 23.5 Å². The van der Waals surface area contributed by atoms with Crippen LogP contribution in [0.25, 0.3) is 0 Å². The maximum atomic E-state index is 12.9. The van der Waals surface area contributed by atoms with Gasteiger partial charge in [0.15, 0.2) is 5.13 Å². The van der Waals surface area contributed by atoms with Crippen LogP contribution in [0.1, 0.15) is 85.0 Å². The van der Waals surface area contributed by atoms with Crippen LogP contribution in [0.4, 0.5) is 5.13 Å². The second-order valence-corrected chi connectivity index (χ2v) is 12.3. The minimum Gasteiger partial charge on any atom is -0.490 e. The zero-order chi connectivity index (χ0) is 29.6. The molecule has 224 valence electrons. The highest BCUT2D eigenvalue weighted by molar-refractivity contribution is 7.17. The lowest BCUT2D eigenvalue weighted by molar-refractivity contribution is -0.114. The molecule has 2 heterocycles. The summed E-state index contributed by atoms with van der Waals surface area (Å²) in [5, 5.41) is 6.08. The predicted molar refractivity (Wildman–Crippen MR) is 160 cm³/mol. The molecule has 2 aliphatic rings. The van der Waals surface area contributed by atoms with Gasteiger partial charge < -0.3 is 24.8 Å². The monoisotopic (exact) mass is 593 g/mol. The summed E-state index contributed by atoms with van der Waals surface area (Å²) in [4.78, 5) is 37.8. The first kappa shape index (κ1) is 29.8. The van der Waals surface area contributed by atoms with Crippen LogP contribution >= 0.6 is 11.3 Å². The number of methoxy groups -OCH3 is 1. The molecule has 2 N–H and O–H groups in total. The lowest BCUT2D eigenvalue weighted by Gasteiger charge is -2.30. The van der Waals surface area contributed by atoms with E-state index in [1.54, 1.807) is 20.4 Å². The van der Waals surface area contributed by atoms with Crippen LogP contribution in [0.3, 0.4) is 0 Å². The molecule has 2 saturated carbocycles. The van der Waals surface area contributed by atoms with E-state index in [1.807, 2.05) is 31.2 Å². The van der Waals surface area contributed by atoms with Crippen LogP contribution in [-0.4, -0.2) is 46.6 Å². The highest BCUT2D eigenvalue weighted by Crippen LogP contribution is 2.36. The summed E-state index contributed by atoms with van der Waals surface area (Å²) in [5.41, 5.74) is 2.45. The van der Waals surface area contributed by atoms with E-state index in [-0.39, 0.29) is 24.0 Å². The quantitative estimate of drug-likeness (QED) is 0.275. The van der Waals surface area contributed by atoms with Gasteiger partial charge in [0.2, 0.25) is 11.7 Å². The minimum atomic E-state index is -0.218. The maximum absolute atomic E-state index is 12.9. The van der Waals surface area contributed by atoms with Crippen LogP contribution in [0.5, 0.6) is 17.4 Å². The fourth-order valence-electron chi connectivity index (χ4n) is 5.32. The molecule has 42 heavy (non-hydrogen) atoms. The number of benzene rings is 1. The van der Waals surface area contributed by atoms with Gasteiger partial charge in [-0.25, -0.2) is 9.97 Å². The first-order chi connectivity index (χ1) is 20.3. The van der Waals surface area contributed by atoms with Gasteiger partial charge in [-0.05, 0) is 88.3 Å². The van der Waals surface area contributed by atoms with Gasteiger partial charge in [-0.2, -0.15) is 4.98 Å². The molecule has 0 radical (unpaired) electrons. The van der Waals surface area contributed by atoms with Crippen molar-refractivity contribution in [2.45, 2.75) is 77.9 Å². The number of carbonyl (C=O) groups is 2. The average Bonchev–Trinajstić information content (AvgIpc) is 3.72. The Balaban J connectivity index is 1.14. The van der Waals surface area contributed by atoms with E-state index in [4.69, 9.17) is 14.2 Å². The van der Waals surface area contributed by atoms with E-state index in [0.717, 1.165) is 49.1 Å². The number of nitrogens with zero attached hydrogens (tertiary/aromatic N) is 3. The summed E-state index contributed by atoms with van der Waals surface area (Å²) in [6.07, 6.45) is 9.09. The smallest absolute Gasteiger partial charge is 0.263 e. The van der Waals surface area contributed by atoms with Gasteiger partial charge in [-0.15, -0.1) is 0 Å². The highest BCUT2D eigenvalue weighted by Gasteiger charge is 2.27. The molecule has 3 aromatic rings. The van der Waals surface area contributed by atoms with E-state index < -0.39 is 0 Å². The molecule has 0 aliphatic heterocycles. The average molecular weight is 594 g/mol. The summed E-state index contributed by atoms with van der Waals surface area (Å²) >= 11 is 1.17. The minimum absolute atomic E-state index is 0.122. The molecule has 0 saturated heterocycles. The number of hydrogen-bond donors (Lipinski definition) is 2. The van der Waals surface area contributed by atoms with Crippen LogP contribution in [0, 0.1) is 18.8 Å². The number of ether oxygens (including phenoxy) is 3. The summed E-state index contributed by atoms with van der Waals surface area (Å²) in [7, 11) is 1.65. The third-order valence-electron chi connectivity index (χ3n) is 7.73. The molecule has 0 spiro atoms. The van der Waals surface area contributed by atoms with E-state index in [0.29, 0.717) is 45.8 Å². The van der Waals surface area contributed by atoms with Gasteiger partial charge in [0.1, 0.15) is 17.0 Å². The van der Waals surface area contributed by atoms with Crippen molar-refractivity contribution in [3.05, 3.63) is 52.4 Å². The Bertz CT molecular complexity index is 1390. The van der Waals surface area contributed by atoms with Gasteiger partial charge in [0, 0.05) is 6.92 Å².